The minimum absolute atomic E-state index is 0.0314. The molecule has 27 heavy (non-hydrogen) atoms. The highest BCUT2D eigenvalue weighted by molar-refractivity contribution is 6.30. The van der Waals surface area contributed by atoms with Crippen molar-refractivity contribution >= 4 is 23.4 Å². The second-order valence-electron chi connectivity index (χ2n) is 8.44. The maximum atomic E-state index is 12.1. The van der Waals surface area contributed by atoms with Gasteiger partial charge in [-0.3, -0.25) is 9.59 Å². The van der Waals surface area contributed by atoms with E-state index in [1.165, 1.54) is 0 Å². The van der Waals surface area contributed by atoms with Gasteiger partial charge in [0.05, 0.1) is 6.10 Å². The quantitative estimate of drug-likeness (QED) is 0.712. The Hall–Kier alpha value is -1.79. The summed E-state index contributed by atoms with van der Waals surface area (Å²) in [5, 5.41) is 6.74. The monoisotopic (exact) mass is 392 g/mol. The van der Waals surface area contributed by atoms with Crippen molar-refractivity contribution in [3.8, 4) is 5.75 Å². The third-order valence-corrected chi connectivity index (χ3v) is 6.06. The Morgan fingerprint density at radius 3 is 2.15 bits per heavy atom. The fourth-order valence-electron chi connectivity index (χ4n) is 4.55. The summed E-state index contributed by atoms with van der Waals surface area (Å²) in [5.74, 6) is 1.12. The average Bonchev–Trinajstić information content (AvgIpc) is 2.54. The van der Waals surface area contributed by atoms with Crippen LogP contribution in [0.25, 0.3) is 0 Å². The van der Waals surface area contributed by atoms with E-state index in [-0.39, 0.29) is 42.2 Å². The highest BCUT2D eigenvalue weighted by atomic mass is 35.5. The molecule has 0 radical (unpaired) electrons. The molecule has 4 aliphatic rings. The molecule has 1 aromatic rings. The van der Waals surface area contributed by atoms with Gasteiger partial charge in [-0.2, -0.15) is 0 Å². The van der Waals surface area contributed by atoms with Crippen molar-refractivity contribution in [2.45, 2.75) is 56.2 Å². The zero-order valence-electron chi connectivity index (χ0n) is 15.4. The van der Waals surface area contributed by atoms with Gasteiger partial charge < -0.3 is 20.1 Å². The summed E-state index contributed by atoms with van der Waals surface area (Å²) < 4.78 is 11.1. The Labute approximate surface area is 163 Å². The molecule has 7 heteroatoms. The number of carbonyl (C=O) groups is 2. The lowest BCUT2D eigenvalue weighted by molar-refractivity contribution is -0.154. The van der Waals surface area contributed by atoms with Crippen LogP contribution >= 0.6 is 11.6 Å². The van der Waals surface area contributed by atoms with E-state index in [9.17, 15) is 9.59 Å². The van der Waals surface area contributed by atoms with E-state index in [0.717, 1.165) is 32.1 Å². The Morgan fingerprint density at radius 1 is 1.04 bits per heavy atom. The number of rotatable bonds is 8. The van der Waals surface area contributed by atoms with Crippen LogP contribution in [-0.4, -0.2) is 42.2 Å². The van der Waals surface area contributed by atoms with Crippen molar-refractivity contribution in [1.29, 1.82) is 0 Å². The molecule has 0 atom stereocenters. The van der Waals surface area contributed by atoms with Crippen molar-refractivity contribution in [3.05, 3.63) is 29.3 Å². The maximum Gasteiger partial charge on any atom is 0.258 e. The highest BCUT2D eigenvalue weighted by Gasteiger charge is 2.69. The van der Waals surface area contributed by atoms with Crippen molar-refractivity contribution in [3.63, 3.8) is 0 Å². The Balaban J connectivity index is 1.13. The molecule has 0 saturated heterocycles. The largest absolute Gasteiger partial charge is 0.484 e. The number of nitrogens with one attached hydrogen (secondary N) is 2. The molecule has 5 rings (SSSR count). The standard InChI is InChI=1S/C20H25ClN2O4/c1-13-6-16(7-13)27-9-18(25)23-20-10-19(11-20,12-20)22-17(24)8-26-15-4-2-14(21)3-5-15/h2-5,13,16H,6-12H2,1H3,(H,22,24)(H,23,25)/t13-,16+,19?,20?. The van der Waals surface area contributed by atoms with E-state index < -0.39 is 0 Å². The fraction of sp³-hybridized carbons (Fsp3) is 0.600. The number of hydrogen-bond acceptors (Lipinski definition) is 4. The normalized spacial score (nSPS) is 33.1. The van der Waals surface area contributed by atoms with Gasteiger partial charge in [-0.1, -0.05) is 18.5 Å². The summed E-state index contributed by atoms with van der Waals surface area (Å²) in [7, 11) is 0. The summed E-state index contributed by atoms with van der Waals surface area (Å²) in [6.07, 6.45) is 4.67. The lowest BCUT2D eigenvalue weighted by atomic mass is 9.44. The van der Waals surface area contributed by atoms with E-state index in [1.807, 2.05) is 0 Å². The first-order chi connectivity index (χ1) is 12.9. The second kappa shape index (κ2) is 6.99. The number of halogens is 1. The molecule has 1 aromatic carbocycles. The molecule has 2 bridgehead atoms. The van der Waals surface area contributed by atoms with Gasteiger partial charge in [0.2, 0.25) is 5.91 Å². The molecule has 0 aliphatic heterocycles. The SMILES string of the molecule is C[C@H]1C[C@@H](OCC(=O)NC23CC(NC(=O)COc4ccc(Cl)cc4)(C2)C3)C1. The van der Waals surface area contributed by atoms with Crippen LogP contribution in [0.4, 0.5) is 0 Å². The minimum atomic E-state index is -0.183. The number of hydrogen-bond donors (Lipinski definition) is 2. The summed E-state index contributed by atoms with van der Waals surface area (Å²) in [6.45, 7) is 2.29. The van der Waals surface area contributed by atoms with Gasteiger partial charge >= 0.3 is 0 Å². The third-order valence-electron chi connectivity index (χ3n) is 5.80. The lowest BCUT2D eigenvalue weighted by Gasteiger charge is -2.70. The molecule has 0 spiro atoms. The van der Waals surface area contributed by atoms with Crippen molar-refractivity contribution < 1.29 is 19.1 Å². The summed E-state index contributed by atoms with van der Waals surface area (Å²) in [4.78, 5) is 24.2. The predicted molar refractivity (Wildman–Crippen MR) is 101 cm³/mol. The van der Waals surface area contributed by atoms with E-state index >= 15 is 0 Å². The number of ether oxygens (including phenoxy) is 2. The third kappa shape index (κ3) is 4.06. The van der Waals surface area contributed by atoms with Crippen LogP contribution in [0.15, 0.2) is 24.3 Å². The van der Waals surface area contributed by atoms with Crippen molar-refractivity contribution in [1.82, 2.24) is 10.6 Å². The molecule has 146 valence electrons. The van der Waals surface area contributed by atoms with Gasteiger partial charge in [0.25, 0.3) is 5.91 Å². The Kier molecular flexibility index (Phi) is 4.80. The molecule has 2 amide bonds. The Bertz CT molecular complexity index is 710. The first-order valence-corrected chi connectivity index (χ1v) is 9.85. The van der Waals surface area contributed by atoms with Crippen LogP contribution < -0.4 is 15.4 Å². The Morgan fingerprint density at radius 2 is 1.59 bits per heavy atom. The maximum absolute atomic E-state index is 12.1. The zero-order chi connectivity index (χ0) is 19.1. The van der Waals surface area contributed by atoms with E-state index in [1.54, 1.807) is 24.3 Å². The van der Waals surface area contributed by atoms with Gasteiger partial charge in [0, 0.05) is 16.1 Å². The molecule has 4 aliphatic carbocycles. The molecule has 0 unspecified atom stereocenters. The summed E-state index contributed by atoms with van der Waals surface area (Å²) in [5.41, 5.74) is -0.338. The molecule has 0 aromatic heterocycles. The predicted octanol–water partition coefficient (Wildman–Crippen LogP) is 2.44. The van der Waals surface area contributed by atoms with Crippen LogP contribution in [0, 0.1) is 5.92 Å². The highest BCUT2D eigenvalue weighted by Crippen LogP contribution is 2.60. The van der Waals surface area contributed by atoms with Crippen LogP contribution in [0.5, 0.6) is 5.75 Å². The van der Waals surface area contributed by atoms with Gasteiger partial charge in [0.15, 0.2) is 6.61 Å². The first-order valence-electron chi connectivity index (χ1n) is 9.47. The topological polar surface area (TPSA) is 76.7 Å². The van der Waals surface area contributed by atoms with Crippen LogP contribution in [0.2, 0.25) is 5.02 Å². The van der Waals surface area contributed by atoms with E-state index in [4.69, 9.17) is 21.1 Å². The smallest absolute Gasteiger partial charge is 0.258 e. The summed E-state index contributed by atoms with van der Waals surface area (Å²) >= 11 is 5.82. The van der Waals surface area contributed by atoms with Gasteiger partial charge in [-0.05, 0) is 62.3 Å². The summed E-state index contributed by atoms with van der Waals surface area (Å²) in [6, 6.07) is 6.90. The zero-order valence-corrected chi connectivity index (χ0v) is 16.2. The van der Waals surface area contributed by atoms with E-state index in [0.29, 0.717) is 16.7 Å². The minimum Gasteiger partial charge on any atom is -0.484 e. The average molecular weight is 393 g/mol. The van der Waals surface area contributed by atoms with Crippen molar-refractivity contribution in [2.75, 3.05) is 13.2 Å². The fourth-order valence-corrected chi connectivity index (χ4v) is 4.68. The van der Waals surface area contributed by atoms with E-state index in [2.05, 4.69) is 17.6 Å². The van der Waals surface area contributed by atoms with Gasteiger partial charge in [-0.25, -0.2) is 0 Å². The van der Waals surface area contributed by atoms with Gasteiger partial charge in [0.1, 0.15) is 12.4 Å². The van der Waals surface area contributed by atoms with Crippen LogP contribution in [-0.2, 0) is 14.3 Å². The first kappa shape index (κ1) is 18.6. The molecule has 0 heterocycles. The molecule has 2 N–H and O–H groups in total. The number of amides is 2. The molecule has 6 nitrogen and oxygen atoms in total. The molecule has 4 saturated carbocycles. The van der Waals surface area contributed by atoms with Crippen molar-refractivity contribution in [2.24, 2.45) is 5.92 Å². The van der Waals surface area contributed by atoms with Crippen LogP contribution in [0.3, 0.4) is 0 Å². The molecule has 4 fully saturated rings. The molecular weight excluding hydrogens is 368 g/mol. The second-order valence-corrected chi connectivity index (χ2v) is 8.88. The van der Waals surface area contributed by atoms with Gasteiger partial charge in [-0.15, -0.1) is 0 Å². The number of benzene rings is 1. The molecular formula is C20H25ClN2O4. The lowest BCUT2D eigenvalue weighted by Crippen LogP contribution is -2.84. The van der Waals surface area contributed by atoms with Crippen LogP contribution in [0.1, 0.15) is 39.0 Å². The number of carbonyl (C=O) groups excluding carboxylic acids is 2.